The molecule has 2 saturated heterocycles. The van der Waals surface area contributed by atoms with Gasteiger partial charge in [-0.15, -0.1) is 0 Å². The topological polar surface area (TPSA) is 51.2 Å². The molecule has 2 heterocycles. The summed E-state index contributed by atoms with van der Waals surface area (Å²) in [5, 5.41) is 0. The maximum Gasteiger partial charge on any atom is 0.308 e. The van der Waals surface area contributed by atoms with E-state index in [1.54, 1.807) is 0 Å². The van der Waals surface area contributed by atoms with Gasteiger partial charge < -0.3 is 14.2 Å². The van der Waals surface area contributed by atoms with E-state index in [1.165, 1.54) is 12.8 Å². The summed E-state index contributed by atoms with van der Waals surface area (Å²) in [6.07, 6.45) is 6.94. The molecule has 0 radical (unpaired) electrons. The van der Waals surface area contributed by atoms with E-state index in [1.807, 2.05) is 6.92 Å². The first-order valence-electron chi connectivity index (χ1n) is 10.5. The molecule has 3 rings (SSSR count). The molecule has 3 fully saturated rings. The van der Waals surface area contributed by atoms with Gasteiger partial charge in [-0.3, -0.25) is 14.6 Å². The van der Waals surface area contributed by atoms with Gasteiger partial charge in [0.05, 0.1) is 30.8 Å². The average molecular weight is 369 g/mol. The van der Waals surface area contributed by atoms with Gasteiger partial charge in [0, 0.05) is 26.2 Å². The fourth-order valence-electron chi connectivity index (χ4n) is 4.63. The van der Waals surface area contributed by atoms with Gasteiger partial charge in [0.1, 0.15) is 0 Å². The molecule has 150 valence electrons. The van der Waals surface area contributed by atoms with Crippen molar-refractivity contribution in [3.05, 3.63) is 0 Å². The number of likely N-dealkylation sites (tertiary alicyclic amines) is 1. The molecule has 1 aliphatic carbocycles. The van der Waals surface area contributed by atoms with Crippen LogP contribution in [-0.2, 0) is 19.0 Å². The Morgan fingerprint density at radius 2 is 1.65 bits per heavy atom. The van der Waals surface area contributed by atoms with Crippen molar-refractivity contribution < 1.29 is 19.0 Å². The Balaban J connectivity index is 1.57. The van der Waals surface area contributed by atoms with Crippen molar-refractivity contribution in [2.24, 2.45) is 5.92 Å². The summed E-state index contributed by atoms with van der Waals surface area (Å²) in [6.45, 7) is 10.7. The smallest absolute Gasteiger partial charge is 0.308 e. The van der Waals surface area contributed by atoms with Gasteiger partial charge in [0.15, 0.2) is 6.35 Å². The van der Waals surface area contributed by atoms with Crippen LogP contribution in [0.1, 0.15) is 59.3 Å². The van der Waals surface area contributed by atoms with Crippen molar-refractivity contribution >= 4 is 5.97 Å². The quantitative estimate of drug-likeness (QED) is 0.672. The molecule has 3 atom stereocenters. The third-order valence-electron chi connectivity index (χ3n) is 5.82. The summed E-state index contributed by atoms with van der Waals surface area (Å²) in [4.78, 5) is 16.9. The van der Waals surface area contributed by atoms with E-state index >= 15 is 0 Å². The zero-order chi connectivity index (χ0) is 18.5. The lowest BCUT2D eigenvalue weighted by Gasteiger charge is -2.44. The number of ether oxygens (including phenoxy) is 3. The Morgan fingerprint density at radius 1 is 1.04 bits per heavy atom. The number of carbonyl (C=O) groups is 1. The molecule has 0 spiro atoms. The van der Waals surface area contributed by atoms with Crippen LogP contribution in [0.5, 0.6) is 0 Å². The fourth-order valence-corrected chi connectivity index (χ4v) is 4.63. The highest BCUT2D eigenvalue weighted by Gasteiger charge is 2.36. The van der Waals surface area contributed by atoms with Crippen LogP contribution in [0.2, 0.25) is 0 Å². The lowest BCUT2D eigenvalue weighted by Crippen LogP contribution is -2.57. The van der Waals surface area contributed by atoms with E-state index in [2.05, 4.69) is 23.6 Å². The second kappa shape index (κ2) is 9.49. The summed E-state index contributed by atoms with van der Waals surface area (Å²) in [5.41, 5.74) is 0. The highest BCUT2D eigenvalue weighted by molar-refractivity contribution is 5.72. The molecule has 0 amide bonds. The molecular formula is C20H36N2O4. The zero-order valence-electron chi connectivity index (χ0n) is 16.7. The first kappa shape index (κ1) is 20.1. The molecule has 0 bridgehead atoms. The van der Waals surface area contributed by atoms with Crippen molar-refractivity contribution in [2.75, 3.05) is 32.8 Å². The number of carbonyl (C=O) groups excluding carboxylic acids is 1. The van der Waals surface area contributed by atoms with Gasteiger partial charge in [0.2, 0.25) is 0 Å². The number of nitrogens with zero attached hydrogens (tertiary/aromatic N) is 2. The van der Waals surface area contributed by atoms with Gasteiger partial charge in [-0.25, -0.2) is 0 Å². The number of hydrogen-bond acceptors (Lipinski definition) is 6. The van der Waals surface area contributed by atoms with Crippen molar-refractivity contribution in [3.63, 3.8) is 0 Å². The van der Waals surface area contributed by atoms with Crippen LogP contribution in [-0.4, -0.2) is 73.2 Å². The minimum absolute atomic E-state index is 0.0297. The molecule has 0 aromatic carbocycles. The lowest BCUT2D eigenvalue weighted by molar-refractivity contribution is -0.215. The predicted octanol–water partition coefficient (Wildman–Crippen LogP) is 2.61. The molecular weight excluding hydrogens is 332 g/mol. The maximum absolute atomic E-state index is 12.0. The van der Waals surface area contributed by atoms with Crippen LogP contribution >= 0.6 is 0 Å². The molecule has 3 aliphatic rings. The van der Waals surface area contributed by atoms with Crippen molar-refractivity contribution in [2.45, 2.75) is 84.0 Å². The van der Waals surface area contributed by atoms with Gasteiger partial charge in [-0.2, -0.15) is 0 Å². The van der Waals surface area contributed by atoms with Crippen LogP contribution < -0.4 is 0 Å². The molecule has 2 unspecified atom stereocenters. The Bertz CT molecular complexity index is 437. The number of esters is 1. The molecule has 1 saturated carbocycles. The summed E-state index contributed by atoms with van der Waals surface area (Å²) in [7, 11) is 0. The normalized spacial score (nSPS) is 35.3. The summed E-state index contributed by atoms with van der Waals surface area (Å²) in [5.74, 6) is 0.0290. The zero-order valence-corrected chi connectivity index (χ0v) is 16.7. The Labute approximate surface area is 158 Å². The predicted molar refractivity (Wildman–Crippen MR) is 99.6 cm³/mol. The summed E-state index contributed by atoms with van der Waals surface area (Å²) in [6, 6.07) is 0. The third kappa shape index (κ3) is 5.18. The van der Waals surface area contributed by atoms with Gasteiger partial charge >= 0.3 is 5.97 Å². The Kier molecular flexibility index (Phi) is 7.32. The Morgan fingerprint density at radius 3 is 2.23 bits per heavy atom. The first-order chi connectivity index (χ1) is 12.6. The highest BCUT2D eigenvalue weighted by Crippen LogP contribution is 2.30. The van der Waals surface area contributed by atoms with Crippen LogP contribution in [0.15, 0.2) is 0 Å². The lowest BCUT2D eigenvalue weighted by atomic mass is 9.87. The molecule has 0 N–H and O–H groups in total. The van der Waals surface area contributed by atoms with Crippen molar-refractivity contribution in [1.82, 2.24) is 9.80 Å². The van der Waals surface area contributed by atoms with E-state index in [9.17, 15) is 4.79 Å². The second-order valence-corrected chi connectivity index (χ2v) is 8.14. The van der Waals surface area contributed by atoms with Gasteiger partial charge in [-0.05, 0) is 59.3 Å². The number of rotatable bonds is 6. The third-order valence-corrected chi connectivity index (χ3v) is 5.82. The highest BCUT2D eigenvalue weighted by atomic mass is 16.5. The SMILES string of the molecule is CCOC(=O)C1CCC(OC(N2CCCC2)N2CC(C)O[C@@H](C)C2)CC1. The molecule has 6 heteroatoms. The summed E-state index contributed by atoms with van der Waals surface area (Å²) >= 11 is 0. The van der Waals surface area contributed by atoms with Crippen molar-refractivity contribution in [1.29, 1.82) is 0 Å². The Hall–Kier alpha value is -0.690. The van der Waals surface area contributed by atoms with E-state index in [0.29, 0.717) is 6.61 Å². The largest absolute Gasteiger partial charge is 0.466 e. The van der Waals surface area contributed by atoms with E-state index < -0.39 is 0 Å². The van der Waals surface area contributed by atoms with Crippen LogP contribution in [0.25, 0.3) is 0 Å². The van der Waals surface area contributed by atoms with E-state index in [4.69, 9.17) is 14.2 Å². The minimum Gasteiger partial charge on any atom is -0.466 e. The molecule has 0 aromatic rings. The first-order valence-corrected chi connectivity index (χ1v) is 10.5. The fraction of sp³-hybridized carbons (Fsp3) is 0.950. The van der Waals surface area contributed by atoms with E-state index in [-0.39, 0.29) is 36.6 Å². The van der Waals surface area contributed by atoms with Gasteiger partial charge in [-0.1, -0.05) is 0 Å². The molecule has 0 aromatic heterocycles. The minimum atomic E-state index is -0.0297. The second-order valence-electron chi connectivity index (χ2n) is 8.14. The number of hydrogen-bond donors (Lipinski definition) is 0. The maximum atomic E-state index is 12.0. The molecule has 2 aliphatic heterocycles. The summed E-state index contributed by atoms with van der Waals surface area (Å²) < 4.78 is 17.7. The van der Waals surface area contributed by atoms with Crippen LogP contribution in [0.3, 0.4) is 0 Å². The molecule has 6 nitrogen and oxygen atoms in total. The van der Waals surface area contributed by atoms with Crippen LogP contribution in [0, 0.1) is 5.92 Å². The average Bonchev–Trinajstić information content (AvgIpc) is 3.14. The van der Waals surface area contributed by atoms with Gasteiger partial charge in [0.25, 0.3) is 0 Å². The van der Waals surface area contributed by atoms with Crippen LogP contribution in [0.4, 0.5) is 0 Å². The van der Waals surface area contributed by atoms with Crippen molar-refractivity contribution in [3.8, 4) is 0 Å². The monoisotopic (exact) mass is 368 g/mol. The standard InChI is InChI=1S/C20H36N2O4/c1-4-24-19(23)17-7-9-18(10-8-17)26-20(21-11-5-6-12-21)22-13-15(2)25-16(3)14-22/h15-18,20H,4-14H2,1-3H3/t15-,16?,17?,18?,20?/m0/s1. The number of morpholine rings is 1. The van der Waals surface area contributed by atoms with E-state index in [0.717, 1.165) is 51.9 Å². The molecule has 26 heavy (non-hydrogen) atoms.